The standard InChI is InChI=1S/C16H22N4O/c1-3-9-19(2)14-11-16(21)20(18-12-14)10-8-13-6-4-5-7-15(13)17/h4-7,11-12H,3,8-10,17H2,1-2H3. The van der Waals surface area contributed by atoms with Crippen LogP contribution in [0.4, 0.5) is 11.4 Å². The molecule has 0 fully saturated rings. The van der Waals surface area contributed by atoms with Gasteiger partial charge >= 0.3 is 0 Å². The van der Waals surface area contributed by atoms with Gasteiger partial charge in [-0.15, -0.1) is 0 Å². The van der Waals surface area contributed by atoms with Crippen LogP contribution < -0.4 is 16.2 Å². The molecule has 1 aromatic carbocycles. The van der Waals surface area contributed by atoms with E-state index in [-0.39, 0.29) is 5.56 Å². The maximum atomic E-state index is 12.1. The van der Waals surface area contributed by atoms with Crippen molar-refractivity contribution in [2.24, 2.45) is 0 Å². The Bertz CT molecular complexity index is 651. The van der Waals surface area contributed by atoms with Crippen LogP contribution in [-0.4, -0.2) is 23.4 Å². The second kappa shape index (κ2) is 6.92. The van der Waals surface area contributed by atoms with Crippen molar-refractivity contribution < 1.29 is 0 Å². The Morgan fingerprint density at radius 2 is 2.10 bits per heavy atom. The van der Waals surface area contributed by atoms with Crippen molar-refractivity contribution in [2.45, 2.75) is 26.3 Å². The summed E-state index contributed by atoms with van der Waals surface area (Å²) in [5.74, 6) is 0. The molecule has 0 saturated carbocycles. The molecule has 0 aliphatic carbocycles. The van der Waals surface area contributed by atoms with Gasteiger partial charge in [0, 0.05) is 31.9 Å². The Balaban J connectivity index is 2.08. The summed E-state index contributed by atoms with van der Waals surface area (Å²) in [7, 11) is 1.97. The van der Waals surface area contributed by atoms with Crippen molar-refractivity contribution in [3.8, 4) is 0 Å². The maximum absolute atomic E-state index is 12.1. The number of hydrogen-bond donors (Lipinski definition) is 1. The summed E-state index contributed by atoms with van der Waals surface area (Å²) in [4.78, 5) is 14.1. The first-order chi connectivity index (χ1) is 10.1. The molecule has 0 radical (unpaired) electrons. The Morgan fingerprint density at radius 3 is 2.76 bits per heavy atom. The topological polar surface area (TPSA) is 64.2 Å². The molecule has 2 rings (SSSR count). The van der Waals surface area contributed by atoms with E-state index in [1.807, 2.05) is 36.2 Å². The number of anilines is 2. The van der Waals surface area contributed by atoms with E-state index >= 15 is 0 Å². The molecular formula is C16H22N4O. The van der Waals surface area contributed by atoms with E-state index < -0.39 is 0 Å². The molecule has 2 N–H and O–H groups in total. The van der Waals surface area contributed by atoms with Gasteiger partial charge in [0.2, 0.25) is 0 Å². The molecule has 0 aliphatic heterocycles. The van der Waals surface area contributed by atoms with E-state index in [1.54, 1.807) is 12.3 Å². The van der Waals surface area contributed by atoms with E-state index in [2.05, 4.69) is 12.0 Å². The number of para-hydroxylation sites is 1. The highest BCUT2D eigenvalue weighted by atomic mass is 16.1. The van der Waals surface area contributed by atoms with Gasteiger partial charge in [0.05, 0.1) is 11.9 Å². The zero-order valence-corrected chi connectivity index (χ0v) is 12.6. The van der Waals surface area contributed by atoms with Gasteiger partial charge in [-0.3, -0.25) is 4.79 Å². The molecule has 1 heterocycles. The van der Waals surface area contributed by atoms with E-state index in [4.69, 9.17) is 5.73 Å². The van der Waals surface area contributed by atoms with Crippen LogP contribution in [0.1, 0.15) is 18.9 Å². The van der Waals surface area contributed by atoms with Crippen LogP contribution in [0.15, 0.2) is 41.3 Å². The number of benzene rings is 1. The lowest BCUT2D eigenvalue weighted by molar-refractivity contribution is 0.577. The summed E-state index contributed by atoms with van der Waals surface area (Å²) in [6.07, 6.45) is 3.47. The van der Waals surface area contributed by atoms with Gasteiger partial charge in [-0.2, -0.15) is 5.10 Å². The third-order valence-corrected chi connectivity index (χ3v) is 3.50. The Kier molecular flexibility index (Phi) is 4.98. The van der Waals surface area contributed by atoms with Crippen LogP contribution in [0.3, 0.4) is 0 Å². The highest BCUT2D eigenvalue weighted by molar-refractivity contribution is 5.46. The second-order valence-electron chi connectivity index (χ2n) is 5.15. The van der Waals surface area contributed by atoms with E-state index in [9.17, 15) is 4.79 Å². The van der Waals surface area contributed by atoms with Crippen LogP contribution >= 0.6 is 0 Å². The van der Waals surface area contributed by atoms with Gasteiger partial charge in [-0.05, 0) is 24.5 Å². The maximum Gasteiger partial charge on any atom is 0.268 e. The zero-order valence-electron chi connectivity index (χ0n) is 12.6. The molecule has 1 aromatic heterocycles. The molecule has 0 aliphatic rings. The number of rotatable bonds is 6. The molecule has 0 saturated heterocycles. The summed E-state index contributed by atoms with van der Waals surface area (Å²) in [6, 6.07) is 9.33. The third-order valence-electron chi connectivity index (χ3n) is 3.50. The quantitative estimate of drug-likeness (QED) is 0.824. The van der Waals surface area contributed by atoms with Gasteiger partial charge in [-0.1, -0.05) is 25.1 Å². The summed E-state index contributed by atoms with van der Waals surface area (Å²) in [5.41, 5.74) is 8.48. The first-order valence-corrected chi connectivity index (χ1v) is 7.23. The third kappa shape index (κ3) is 3.84. The summed E-state index contributed by atoms with van der Waals surface area (Å²) in [6.45, 7) is 3.55. The normalized spacial score (nSPS) is 10.6. The predicted octanol–water partition coefficient (Wildman–Crippen LogP) is 1.91. The van der Waals surface area contributed by atoms with Crippen molar-refractivity contribution in [1.82, 2.24) is 9.78 Å². The minimum atomic E-state index is -0.0787. The smallest absolute Gasteiger partial charge is 0.268 e. The van der Waals surface area contributed by atoms with Crippen molar-refractivity contribution in [3.05, 3.63) is 52.4 Å². The monoisotopic (exact) mass is 286 g/mol. The number of nitrogens with zero attached hydrogens (tertiary/aromatic N) is 3. The molecular weight excluding hydrogens is 264 g/mol. The fourth-order valence-corrected chi connectivity index (χ4v) is 2.25. The first kappa shape index (κ1) is 15.1. The van der Waals surface area contributed by atoms with Gasteiger partial charge in [0.1, 0.15) is 0 Å². The van der Waals surface area contributed by atoms with Crippen LogP contribution in [0.2, 0.25) is 0 Å². The average Bonchev–Trinajstić information content (AvgIpc) is 2.47. The Labute approximate surface area is 125 Å². The van der Waals surface area contributed by atoms with Crippen molar-refractivity contribution >= 4 is 11.4 Å². The van der Waals surface area contributed by atoms with Crippen molar-refractivity contribution in [3.63, 3.8) is 0 Å². The Morgan fingerprint density at radius 1 is 1.33 bits per heavy atom. The molecule has 5 nitrogen and oxygen atoms in total. The van der Waals surface area contributed by atoms with E-state index in [0.29, 0.717) is 13.0 Å². The van der Waals surface area contributed by atoms with Gasteiger partial charge in [0.25, 0.3) is 5.56 Å². The molecule has 0 bridgehead atoms. The highest BCUT2D eigenvalue weighted by Gasteiger charge is 2.05. The lowest BCUT2D eigenvalue weighted by Gasteiger charge is -2.17. The number of hydrogen-bond acceptors (Lipinski definition) is 4. The zero-order chi connectivity index (χ0) is 15.2. The molecule has 21 heavy (non-hydrogen) atoms. The molecule has 112 valence electrons. The Hall–Kier alpha value is -2.30. The summed E-state index contributed by atoms with van der Waals surface area (Å²) in [5, 5.41) is 4.25. The minimum Gasteiger partial charge on any atom is -0.399 e. The van der Waals surface area contributed by atoms with Gasteiger partial charge in [-0.25, -0.2) is 4.68 Å². The van der Waals surface area contributed by atoms with Crippen LogP contribution in [0, 0.1) is 0 Å². The van der Waals surface area contributed by atoms with Crippen LogP contribution in [0.25, 0.3) is 0 Å². The lowest BCUT2D eigenvalue weighted by atomic mass is 10.1. The van der Waals surface area contributed by atoms with Crippen molar-refractivity contribution in [2.75, 3.05) is 24.2 Å². The lowest BCUT2D eigenvalue weighted by Crippen LogP contribution is -2.26. The summed E-state index contributed by atoms with van der Waals surface area (Å²) < 4.78 is 1.48. The average molecular weight is 286 g/mol. The van der Waals surface area contributed by atoms with Crippen LogP contribution in [-0.2, 0) is 13.0 Å². The van der Waals surface area contributed by atoms with E-state index in [0.717, 1.165) is 29.9 Å². The molecule has 2 aromatic rings. The predicted molar refractivity (Wildman–Crippen MR) is 86.6 cm³/mol. The summed E-state index contributed by atoms with van der Waals surface area (Å²) >= 11 is 0. The molecule has 0 spiro atoms. The second-order valence-corrected chi connectivity index (χ2v) is 5.15. The largest absolute Gasteiger partial charge is 0.399 e. The number of nitrogen functional groups attached to an aromatic ring is 1. The first-order valence-electron chi connectivity index (χ1n) is 7.23. The molecule has 5 heteroatoms. The fraction of sp³-hybridized carbons (Fsp3) is 0.375. The van der Waals surface area contributed by atoms with Crippen LogP contribution in [0.5, 0.6) is 0 Å². The van der Waals surface area contributed by atoms with E-state index in [1.165, 1.54) is 4.68 Å². The minimum absolute atomic E-state index is 0.0787. The number of nitrogens with two attached hydrogens (primary N) is 1. The highest BCUT2D eigenvalue weighted by Crippen LogP contribution is 2.12. The van der Waals surface area contributed by atoms with Crippen molar-refractivity contribution in [1.29, 1.82) is 0 Å². The molecule has 0 unspecified atom stereocenters. The number of aryl methyl sites for hydroxylation is 2. The van der Waals surface area contributed by atoms with Gasteiger partial charge in [0.15, 0.2) is 0 Å². The molecule has 0 atom stereocenters. The van der Waals surface area contributed by atoms with Gasteiger partial charge < -0.3 is 10.6 Å². The molecule has 0 amide bonds. The fourth-order valence-electron chi connectivity index (χ4n) is 2.25. The SMILES string of the molecule is CCCN(C)c1cnn(CCc2ccccc2N)c(=O)c1. The number of aromatic nitrogens is 2.